The number of imidazole rings is 2. The van der Waals surface area contributed by atoms with Gasteiger partial charge in [0.1, 0.15) is 88.9 Å². The van der Waals surface area contributed by atoms with E-state index in [2.05, 4.69) is 39.9 Å². The average Bonchev–Trinajstić information content (AvgIpc) is 1.60. The number of hydrogen-bond donors (Lipinski definition) is 9. The molecule has 39 nitrogen and oxygen atoms in total. The zero-order valence-corrected chi connectivity index (χ0v) is 64.2. The summed E-state index contributed by atoms with van der Waals surface area (Å²) >= 11 is 20.0. The van der Waals surface area contributed by atoms with Crippen molar-refractivity contribution in [2.45, 2.75) is 189 Å². The molecule has 0 radical (unpaired) electrons. The highest BCUT2D eigenvalue weighted by Gasteiger charge is 2.64. The summed E-state index contributed by atoms with van der Waals surface area (Å²) in [5.74, 6) is 0.435. The molecule has 0 aromatic carbocycles. The molecule has 8 fully saturated rings. The van der Waals surface area contributed by atoms with Gasteiger partial charge in [0.25, 0.3) is 11.1 Å². The van der Waals surface area contributed by atoms with Gasteiger partial charge in [-0.3, -0.25) is 55.9 Å². The normalized spacial score (nSPS) is 33.5. The summed E-state index contributed by atoms with van der Waals surface area (Å²) in [4.78, 5) is 118. The Hall–Kier alpha value is -4.34. The minimum Gasteiger partial charge on any atom is -0.383 e. The molecule has 8 unspecified atom stereocenters. The Kier molecular flexibility index (Phi) is 24.0. The van der Waals surface area contributed by atoms with Gasteiger partial charge >= 0.3 is 38.3 Å². The van der Waals surface area contributed by atoms with Crippen molar-refractivity contribution in [3.63, 3.8) is 0 Å². The number of nitrogens with zero attached hydrogens (tertiary/aromatic N) is 10. The molecule has 103 heavy (non-hydrogen) atoms. The Labute approximate surface area is 607 Å². The van der Waals surface area contributed by atoms with Crippen LogP contribution in [0.25, 0.3) is 22.3 Å². The van der Waals surface area contributed by atoms with E-state index < -0.39 is 146 Å². The van der Waals surface area contributed by atoms with Gasteiger partial charge in [-0.1, -0.05) is 27.7 Å². The molecule has 0 amide bonds. The molecule has 14 heterocycles. The third kappa shape index (κ3) is 15.6. The van der Waals surface area contributed by atoms with E-state index in [4.69, 9.17) is 139 Å². The van der Waals surface area contributed by atoms with Crippen LogP contribution < -0.4 is 39.7 Å². The SMILES string of the molecule is CC[C@]12CCO[C@@H](C1OP(O)(=S)OC)[C@H](n1cc(C)c(=O)[nH]c1=O)O2.CC[C@]12CCO[C@@H](C1OP(O)(=S)OC)[C@H](n1cc(C)c(N)nc1=O)O2.CC[C@]12CCO[C@@H](C1OP(O)(=S)OC)[C@H](n1cnc3c(=O)[nH]c(N)nc31)O2.CC[C@]12CCO[C@@H](C1OP(O)(=S)OC)[C@H](n1cnc3c(N)ncnc31)O2. The number of ether oxygens (including phenoxy) is 8. The van der Waals surface area contributed by atoms with Crippen LogP contribution in [0.1, 0.15) is 115 Å². The fourth-order valence-electron chi connectivity index (χ4n) is 14.0. The molecule has 47 heteroatoms. The van der Waals surface area contributed by atoms with E-state index >= 15 is 0 Å². The summed E-state index contributed by atoms with van der Waals surface area (Å²) in [6.45, 7) is -0.682. The largest absolute Gasteiger partial charge is 0.383 e. The van der Waals surface area contributed by atoms with Crippen LogP contribution in [0, 0.1) is 13.8 Å². The van der Waals surface area contributed by atoms with Crippen molar-refractivity contribution >= 4 is 114 Å². The molecule has 8 saturated heterocycles. The fraction of sp³-hybridized carbons (Fsp3) is 0.679. The number of nitrogens with two attached hydrogens (primary N) is 3. The minimum absolute atomic E-state index is 0.0283. The predicted octanol–water partition coefficient (Wildman–Crippen LogP) is 2.95. The van der Waals surface area contributed by atoms with Crippen molar-refractivity contribution in [3.05, 3.63) is 84.2 Å². The lowest BCUT2D eigenvalue weighted by Gasteiger charge is -2.38. The number of fused-ring (bicyclic) bond motifs is 10. The summed E-state index contributed by atoms with van der Waals surface area (Å²) in [5.41, 5.74) is 14.8. The van der Waals surface area contributed by atoms with Gasteiger partial charge in [-0.2, -0.15) is 9.97 Å². The maximum absolute atomic E-state index is 12.3. The Morgan fingerprint density at radius 1 is 0.495 bits per heavy atom. The molecule has 14 rings (SSSR count). The first-order chi connectivity index (χ1) is 48.7. The summed E-state index contributed by atoms with van der Waals surface area (Å²) < 4.78 is 97.2. The van der Waals surface area contributed by atoms with Gasteiger partial charge in [-0.25, -0.2) is 29.5 Å². The standard InChI is InChI=1S/C14H20N5O6PS.C14H20N5O5PS.C14H22N3O6PS.C14H21N2O7PS/c1-3-14-4-5-23-8(9(14)25-26(21,27)22-2)12(24-14)19-6-16-7-10(19)17-13(15)18-11(7)20;1-3-14-4-5-22-9(10(14)24-25(20,26)21-2)13(23-14)19-7-18-8-11(15)16-6-17-12(8)19;1-4-14-5-6-21-9(10(14)23-24(19,25)20-3)12(22-14)17-7-8(2)11(15)16-13(17)18;1-4-14-5-6-21-9(10(14)23-24(19,25)20-3)12(22-14)16-7-8(2)11(17)15-13(16)18/h6,8-9,12H,3-5H2,1-2H3,(H,21,27)(H3,15,17,18,20);6-7,9-10,13H,3-5H2,1-2H3,(H,20,26)(H2,15,16,17);7,9-10,12H,4-6H2,1-3H3,(H,19,25)(H2,15,16,18);7,9-10,12H,4-6H2,1-3H3,(H,19,25)(H,15,17,18)/t8-,9?,12+,14-,26?;9-,10?,13+,14-,25?;2*9-,10?,12+,14-,24?/m0000/s1. The number of aromatic nitrogens is 12. The van der Waals surface area contributed by atoms with Crippen molar-refractivity contribution in [1.82, 2.24) is 58.1 Å². The van der Waals surface area contributed by atoms with E-state index in [0.29, 0.717) is 106 Å². The zero-order valence-electron chi connectivity index (χ0n) is 57.4. The van der Waals surface area contributed by atoms with Crippen LogP contribution in [0.15, 0.2) is 50.6 Å². The van der Waals surface area contributed by atoms with Crippen LogP contribution in [0.2, 0.25) is 0 Å². The van der Waals surface area contributed by atoms with Crippen molar-refractivity contribution in [3.8, 4) is 0 Å². The molecular weight excluding hydrogens is 1520 g/mol. The number of nitrogens with one attached hydrogen (secondary N) is 2. The van der Waals surface area contributed by atoms with E-state index in [0.717, 1.165) is 0 Å². The van der Waals surface area contributed by atoms with Crippen molar-refractivity contribution in [2.75, 3.05) is 72.1 Å². The van der Waals surface area contributed by atoms with E-state index in [9.17, 15) is 38.8 Å². The van der Waals surface area contributed by atoms with Crippen LogP contribution >= 0.6 is 26.9 Å². The van der Waals surface area contributed by atoms with Gasteiger partial charge in [0.05, 0.1) is 39.1 Å². The van der Waals surface area contributed by atoms with Crippen LogP contribution in [0.3, 0.4) is 0 Å². The Morgan fingerprint density at radius 2 is 0.864 bits per heavy atom. The van der Waals surface area contributed by atoms with Gasteiger partial charge in [-0.05, 0) is 86.8 Å². The second-order valence-corrected chi connectivity index (χ2v) is 36.7. The molecule has 0 aliphatic carbocycles. The van der Waals surface area contributed by atoms with Crippen molar-refractivity contribution in [1.29, 1.82) is 0 Å². The van der Waals surface area contributed by atoms with Gasteiger partial charge < -0.3 is 92.8 Å². The maximum Gasteiger partial charge on any atom is 0.351 e. The van der Waals surface area contributed by atoms with E-state index in [1.54, 1.807) is 35.5 Å². The number of rotatable bonds is 20. The number of nitrogen functional groups attached to an aromatic ring is 3. The molecule has 12 N–H and O–H groups in total. The highest BCUT2D eigenvalue weighted by atomic mass is 32.5. The first-order valence-electron chi connectivity index (χ1n) is 32.4. The lowest BCUT2D eigenvalue weighted by Crippen LogP contribution is -2.49. The maximum atomic E-state index is 12.3. The lowest BCUT2D eigenvalue weighted by molar-refractivity contribution is -0.117. The summed E-state index contributed by atoms with van der Waals surface area (Å²) in [7, 11) is 5.19. The molecule has 6 aromatic rings. The first-order valence-corrected chi connectivity index (χ1v) is 42.8. The Morgan fingerprint density at radius 3 is 1.26 bits per heavy atom. The van der Waals surface area contributed by atoms with Gasteiger partial charge in [0, 0.05) is 77.6 Å². The lowest BCUT2D eigenvalue weighted by atomic mass is 9.87. The number of H-pyrrole nitrogens is 2. The molecule has 8 bridgehead atoms. The third-order valence-electron chi connectivity index (χ3n) is 19.7. The zero-order chi connectivity index (χ0) is 74.7. The van der Waals surface area contributed by atoms with Gasteiger partial charge in [0.2, 0.25) is 5.95 Å². The monoisotopic (exact) mass is 1600 g/mol. The Balaban J connectivity index is 0.000000138. The number of aromatic amines is 2. The Bertz CT molecular complexity index is 4580. The van der Waals surface area contributed by atoms with Crippen LogP contribution in [0.5, 0.6) is 0 Å². The summed E-state index contributed by atoms with van der Waals surface area (Å²) in [6.07, 6.45) is 4.41. The number of aryl methyl sites for hydroxylation is 2. The molecular formula is C56H83N15O24P4S4. The highest BCUT2D eigenvalue weighted by molar-refractivity contribution is 8.08. The van der Waals surface area contributed by atoms with Crippen molar-refractivity contribution in [2.24, 2.45) is 0 Å². The van der Waals surface area contributed by atoms with E-state index in [1.165, 1.54) is 56.4 Å². The van der Waals surface area contributed by atoms with Crippen molar-refractivity contribution < 1.29 is 93.7 Å². The van der Waals surface area contributed by atoms with Crippen LogP contribution in [-0.2, 0) is 121 Å². The average molecular weight is 1600 g/mol. The molecule has 6 aromatic heterocycles. The minimum atomic E-state index is -3.45. The number of anilines is 3. The molecule has 0 spiro atoms. The molecule has 20 atom stereocenters. The van der Waals surface area contributed by atoms with Crippen LogP contribution in [-0.4, -0.2) is 204 Å². The molecule has 570 valence electrons. The fourth-order valence-corrected chi connectivity index (χ4v) is 17.9. The van der Waals surface area contributed by atoms with E-state index in [-0.39, 0.29) is 22.9 Å². The third-order valence-corrected chi connectivity index (χ3v) is 26.4. The smallest absolute Gasteiger partial charge is 0.351 e. The van der Waals surface area contributed by atoms with Gasteiger partial charge in [0.15, 0.2) is 47.5 Å². The van der Waals surface area contributed by atoms with E-state index in [1.807, 2.05) is 27.7 Å². The highest BCUT2D eigenvalue weighted by Crippen LogP contribution is 2.59. The predicted molar refractivity (Wildman–Crippen MR) is 380 cm³/mol. The summed E-state index contributed by atoms with van der Waals surface area (Å²) in [5, 5.41) is 0. The first kappa shape index (κ1) is 79.7. The van der Waals surface area contributed by atoms with Gasteiger partial charge in [-0.15, -0.1) is 0 Å². The molecule has 8 aliphatic heterocycles. The summed E-state index contributed by atoms with van der Waals surface area (Å²) in [6, 6.07) is 0. The topological polar surface area (TPSA) is 504 Å². The quantitative estimate of drug-likeness (QED) is 0.0496. The second kappa shape index (κ2) is 31.0. The number of hydrogen-bond acceptors (Lipinski definition) is 33. The molecule has 0 saturated carbocycles. The van der Waals surface area contributed by atoms with Crippen LogP contribution in [0.4, 0.5) is 17.6 Å². The second-order valence-electron chi connectivity index (χ2n) is 25.1. The molecule has 8 aliphatic rings.